The van der Waals surface area contributed by atoms with Gasteiger partial charge in [-0.05, 0) is 30.5 Å². The summed E-state index contributed by atoms with van der Waals surface area (Å²) in [4.78, 5) is 0. The molecule has 0 amide bonds. The van der Waals surface area contributed by atoms with Gasteiger partial charge < -0.3 is 15.6 Å². The maximum Gasteiger partial charge on any atom is 0.137 e. The van der Waals surface area contributed by atoms with Gasteiger partial charge >= 0.3 is 0 Å². The predicted molar refractivity (Wildman–Crippen MR) is 68.5 cm³/mol. The number of ether oxygens (including phenoxy) is 1. The Labute approximate surface area is 107 Å². The van der Waals surface area contributed by atoms with Crippen molar-refractivity contribution in [2.75, 3.05) is 13.7 Å². The fourth-order valence-corrected chi connectivity index (χ4v) is 1.58. The van der Waals surface area contributed by atoms with Crippen LogP contribution in [0.3, 0.4) is 0 Å². The zero-order valence-corrected chi connectivity index (χ0v) is 10.7. The van der Waals surface area contributed by atoms with E-state index in [2.05, 4.69) is 0 Å². The zero-order valence-electron chi connectivity index (χ0n) is 9.15. The van der Waals surface area contributed by atoms with Crippen LogP contribution in [-0.2, 0) is 0 Å². The Kier molecular flexibility index (Phi) is 7.51. The van der Waals surface area contributed by atoms with Crippen molar-refractivity contribution < 1.29 is 9.84 Å². The number of nitrogens with two attached hydrogens (primary N) is 1. The van der Waals surface area contributed by atoms with E-state index in [0.29, 0.717) is 17.2 Å². The van der Waals surface area contributed by atoms with Gasteiger partial charge in [-0.3, -0.25) is 0 Å². The third kappa shape index (κ3) is 4.18. The maximum atomic E-state index is 8.71. The van der Waals surface area contributed by atoms with E-state index in [0.717, 1.165) is 12.0 Å². The smallest absolute Gasteiger partial charge is 0.137 e. The molecule has 0 unspecified atom stereocenters. The Balaban J connectivity index is 0.00000225. The first kappa shape index (κ1) is 15.5. The maximum absolute atomic E-state index is 8.71. The van der Waals surface area contributed by atoms with Crippen LogP contribution in [0.1, 0.15) is 24.4 Å². The molecule has 16 heavy (non-hydrogen) atoms. The van der Waals surface area contributed by atoms with Crippen LogP contribution in [0.25, 0.3) is 0 Å². The lowest BCUT2D eigenvalue weighted by atomic mass is 10.0. The van der Waals surface area contributed by atoms with Crippen molar-refractivity contribution in [3.8, 4) is 5.75 Å². The Hall–Kier alpha value is -0.480. The molecule has 0 aromatic heterocycles. The molecule has 5 heteroatoms. The minimum atomic E-state index is -0.0803. The SMILES string of the molecule is COc1cc([C@H](N)CCCO)ccc1Cl.Cl. The molecule has 0 aliphatic rings. The summed E-state index contributed by atoms with van der Waals surface area (Å²) in [6.45, 7) is 0.165. The van der Waals surface area contributed by atoms with Crippen LogP contribution in [0.15, 0.2) is 18.2 Å². The first-order valence-corrected chi connectivity index (χ1v) is 5.26. The number of methoxy groups -OCH3 is 1. The Morgan fingerprint density at radius 1 is 1.50 bits per heavy atom. The lowest BCUT2D eigenvalue weighted by Crippen LogP contribution is -2.10. The highest BCUT2D eigenvalue weighted by molar-refractivity contribution is 6.32. The van der Waals surface area contributed by atoms with Gasteiger partial charge in [0.2, 0.25) is 0 Å². The second kappa shape index (κ2) is 7.74. The summed E-state index contributed by atoms with van der Waals surface area (Å²) in [5.41, 5.74) is 6.92. The Bertz CT molecular complexity index is 321. The van der Waals surface area contributed by atoms with Gasteiger partial charge in [0.1, 0.15) is 5.75 Å². The van der Waals surface area contributed by atoms with Crippen LogP contribution in [-0.4, -0.2) is 18.8 Å². The van der Waals surface area contributed by atoms with Crippen molar-refractivity contribution in [1.29, 1.82) is 0 Å². The predicted octanol–water partition coefficient (Wildman–Crippen LogP) is 2.54. The molecule has 0 heterocycles. The largest absolute Gasteiger partial charge is 0.495 e. The molecule has 0 fully saturated rings. The van der Waals surface area contributed by atoms with E-state index >= 15 is 0 Å². The molecule has 1 aromatic carbocycles. The van der Waals surface area contributed by atoms with Gasteiger partial charge in [-0.15, -0.1) is 12.4 Å². The van der Waals surface area contributed by atoms with Gasteiger partial charge in [0.15, 0.2) is 0 Å². The van der Waals surface area contributed by atoms with Crippen molar-refractivity contribution >= 4 is 24.0 Å². The normalized spacial score (nSPS) is 11.8. The second-order valence-electron chi connectivity index (χ2n) is 3.37. The van der Waals surface area contributed by atoms with Crippen LogP contribution >= 0.6 is 24.0 Å². The molecule has 0 saturated heterocycles. The van der Waals surface area contributed by atoms with Crippen LogP contribution in [0.2, 0.25) is 5.02 Å². The third-order valence-corrected chi connectivity index (χ3v) is 2.59. The quantitative estimate of drug-likeness (QED) is 0.861. The van der Waals surface area contributed by atoms with Gasteiger partial charge in [0, 0.05) is 12.6 Å². The van der Waals surface area contributed by atoms with E-state index < -0.39 is 0 Å². The summed E-state index contributed by atoms with van der Waals surface area (Å²) >= 11 is 5.90. The highest BCUT2D eigenvalue weighted by atomic mass is 35.5. The third-order valence-electron chi connectivity index (χ3n) is 2.28. The molecule has 1 aromatic rings. The van der Waals surface area contributed by atoms with Crippen LogP contribution in [0.4, 0.5) is 0 Å². The summed E-state index contributed by atoms with van der Waals surface area (Å²) in [6, 6.07) is 5.41. The van der Waals surface area contributed by atoms with E-state index in [1.165, 1.54) is 0 Å². The molecular formula is C11H17Cl2NO2. The number of benzene rings is 1. The number of hydrogen-bond acceptors (Lipinski definition) is 3. The van der Waals surface area contributed by atoms with Gasteiger partial charge in [-0.25, -0.2) is 0 Å². The summed E-state index contributed by atoms with van der Waals surface area (Å²) in [6.07, 6.45) is 1.45. The van der Waals surface area contributed by atoms with Gasteiger partial charge in [0.05, 0.1) is 12.1 Å². The molecule has 3 nitrogen and oxygen atoms in total. The first-order chi connectivity index (χ1) is 7.19. The monoisotopic (exact) mass is 265 g/mol. The summed E-state index contributed by atoms with van der Waals surface area (Å²) < 4.78 is 5.10. The Morgan fingerprint density at radius 2 is 2.19 bits per heavy atom. The molecule has 0 bridgehead atoms. The molecule has 0 radical (unpaired) electrons. The van der Waals surface area contributed by atoms with E-state index in [1.807, 2.05) is 12.1 Å². The average Bonchev–Trinajstić information content (AvgIpc) is 2.26. The highest BCUT2D eigenvalue weighted by Gasteiger charge is 2.08. The average molecular weight is 266 g/mol. The fourth-order valence-electron chi connectivity index (χ4n) is 1.38. The molecule has 0 saturated carbocycles. The second-order valence-corrected chi connectivity index (χ2v) is 3.77. The zero-order chi connectivity index (χ0) is 11.3. The highest BCUT2D eigenvalue weighted by Crippen LogP contribution is 2.28. The van der Waals surface area contributed by atoms with Crippen molar-refractivity contribution in [1.82, 2.24) is 0 Å². The first-order valence-electron chi connectivity index (χ1n) is 4.89. The van der Waals surface area contributed by atoms with Crippen molar-refractivity contribution in [2.24, 2.45) is 5.73 Å². The number of halogens is 2. The van der Waals surface area contributed by atoms with E-state index in [9.17, 15) is 0 Å². The fraction of sp³-hybridized carbons (Fsp3) is 0.455. The molecule has 1 atom stereocenters. The topological polar surface area (TPSA) is 55.5 Å². The van der Waals surface area contributed by atoms with E-state index in [4.69, 9.17) is 27.2 Å². The number of aliphatic hydroxyl groups excluding tert-OH is 1. The summed E-state index contributed by atoms with van der Waals surface area (Å²) in [5, 5.41) is 9.28. The number of rotatable bonds is 5. The van der Waals surface area contributed by atoms with Gasteiger partial charge in [-0.2, -0.15) is 0 Å². The van der Waals surface area contributed by atoms with E-state index in [-0.39, 0.29) is 25.1 Å². The van der Waals surface area contributed by atoms with Crippen LogP contribution < -0.4 is 10.5 Å². The Morgan fingerprint density at radius 3 is 2.75 bits per heavy atom. The number of hydrogen-bond donors (Lipinski definition) is 2. The van der Waals surface area contributed by atoms with Crippen LogP contribution in [0.5, 0.6) is 5.75 Å². The summed E-state index contributed by atoms with van der Waals surface area (Å²) in [5.74, 6) is 0.633. The molecule has 0 spiro atoms. The molecule has 3 N–H and O–H groups in total. The standard InChI is InChI=1S/C11H16ClNO2.ClH/c1-15-11-7-8(4-5-9(11)12)10(13)3-2-6-14;/h4-5,7,10,14H,2-3,6,13H2,1H3;1H/t10-;/m1./s1. The van der Waals surface area contributed by atoms with Crippen LogP contribution in [0, 0.1) is 0 Å². The minimum absolute atomic E-state index is 0. The summed E-state index contributed by atoms with van der Waals surface area (Å²) in [7, 11) is 1.57. The van der Waals surface area contributed by atoms with Gasteiger partial charge in [-0.1, -0.05) is 17.7 Å². The molecule has 0 aliphatic heterocycles. The van der Waals surface area contributed by atoms with Crippen molar-refractivity contribution in [2.45, 2.75) is 18.9 Å². The van der Waals surface area contributed by atoms with Crippen molar-refractivity contribution in [3.05, 3.63) is 28.8 Å². The molecule has 0 aliphatic carbocycles. The number of aliphatic hydroxyl groups is 1. The lowest BCUT2D eigenvalue weighted by Gasteiger charge is -2.13. The lowest BCUT2D eigenvalue weighted by molar-refractivity contribution is 0.280. The van der Waals surface area contributed by atoms with Crippen molar-refractivity contribution in [3.63, 3.8) is 0 Å². The molecular weight excluding hydrogens is 249 g/mol. The van der Waals surface area contributed by atoms with Gasteiger partial charge in [0.25, 0.3) is 0 Å². The van der Waals surface area contributed by atoms with E-state index in [1.54, 1.807) is 13.2 Å². The molecule has 92 valence electrons. The minimum Gasteiger partial charge on any atom is -0.495 e. The molecule has 1 rings (SSSR count).